The van der Waals surface area contributed by atoms with Crippen molar-refractivity contribution in [3.8, 4) is 0 Å². The van der Waals surface area contributed by atoms with Gasteiger partial charge in [-0.3, -0.25) is 14.6 Å². The minimum absolute atomic E-state index is 0.0188. The van der Waals surface area contributed by atoms with Crippen molar-refractivity contribution in [1.29, 1.82) is 0 Å². The third-order valence-electron chi connectivity index (χ3n) is 5.46. The maximum Gasteiger partial charge on any atom is 0.253 e. The Bertz CT molecular complexity index is 1180. The first-order valence-electron chi connectivity index (χ1n) is 9.92. The highest BCUT2D eigenvalue weighted by Crippen LogP contribution is 2.31. The number of anilines is 2. The molecule has 0 radical (unpaired) electrons. The number of hydrogen-bond acceptors (Lipinski definition) is 5. The average Bonchev–Trinajstić information content (AvgIpc) is 2.77. The number of aryl methyl sites for hydroxylation is 1. The van der Waals surface area contributed by atoms with E-state index in [-0.39, 0.29) is 22.7 Å². The van der Waals surface area contributed by atoms with E-state index in [4.69, 9.17) is 23.2 Å². The van der Waals surface area contributed by atoms with E-state index in [1.165, 1.54) is 0 Å². The monoisotopic (exact) mass is 453 g/mol. The second-order valence-corrected chi connectivity index (χ2v) is 8.60. The minimum Gasteiger partial charge on any atom is -0.368 e. The second-order valence-electron chi connectivity index (χ2n) is 7.66. The molecule has 1 aliphatic carbocycles. The van der Waals surface area contributed by atoms with Crippen LogP contribution in [0.3, 0.4) is 0 Å². The van der Waals surface area contributed by atoms with Crippen molar-refractivity contribution < 1.29 is 0 Å². The van der Waals surface area contributed by atoms with E-state index in [9.17, 15) is 9.59 Å². The Hall–Kier alpha value is -2.89. The highest BCUT2D eigenvalue weighted by molar-refractivity contribution is 6.30. The molecule has 2 N–H and O–H groups in total. The fourth-order valence-corrected chi connectivity index (χ4v) is 3.82. The zero-order valence-electron chi connectivity index (χ0n) is 17.0. The summed E-state index contributed by atoms with van der Waals surface area (Å²) in [4.78, 5) is 29.2. The molecule has 1 aliphatic rings. The Kier molecular flexibility index (Phi) is 5.99. The van der Waals surface area contributed by atoms with E-state index in [1.807, 2.05) is 56.3 Å². The SMILES string of the molecule is Cc1ccc(C(Nc2c(NC3=CC=CC(Cl)C3C)c(=O)c2=O)c2ccc(Cl)cn2)cc1. The quantitative estimate of drug-likeness (QED) is 0.408. The molecule has 1 heterocycles. The topological polar surface area (TPSA) is 71.1 Å². The first-order chi connectivity index (χ1) is 14.8. The van der Waals surface area contributed by atoms with Crippen LogP contribution in [0.1, 0.15) is 29.8 Å². The predicted molar refractivity (Wildman–Crippen MR) is 127 cm³/mol. The van der Waals surface area contributed by atoms with E-state index in [2.05, 4.69) is 15.6 Å². The lowest BCUT2D eigenvalue weighted by Crippen LogP contribution is -2.39. The fourth-order valence-electron chi connectivity index (χ4n) is 3.49. The average molecular weight is 454 g/mol. The zero-order chi connectivity index (χ0) is 22.1. The van der Waals surface area contributed by atoms with E-state index in [0.29, 0.717) is 10.7 Å². The van der Waals surface area contributed by atoms with Crippen LogP contribution in [0.25, 0.3) is 0 Å². The van der Waals surface area contributed by atoms with Crippen LogP contribution in [-0.4, -0.2) is 10.4 Å². The van der Waals surface area contributed by atoms with Crippen LogP contribution < -0.4 is 21.5 Å². The summed E-state index contributed by atoms with van der Waals surface area (Å²) < 4.78 is 0. The zero-order valence-corrected chi connectivity index (χ0v) is 18.5. The molecule has 4 rings (SSSR count). The standard InChI is InChI=1S/C24H21Cl2N3O2/c1-13-6-8-15(9-7-13)20(19-11-10-16(25)12-27-19)29-22-21(23(30)24(22)31)28-18-5-3-4-17(26)14(18)2/h3-12,14,17,20,28-29H,1-2H3. The van der Waals surface area contributed by atoms with Gasteiger partial charge in [0.05, 0.1) is 22.1 Å². The van der Waals surface area contributed by atoms with Gasteiger partial charge in [-0.2, -0.15) is 0 Å². The molecular formula is C24H21Cl2N3O2. The van der Waals surface area contributed by atoms with Crippen molar-refractivity contribution in [3.63, 3.8) is 0 Å². The van der Waals surface area contributed by atoms with Crippen molar-refractivity contribution in [3.05, 3.63) is 109 Å². The molecule has 0 saturated heterocycles. The van der Waals surface area contributed by atoms with Crippen molar-refractivity contribution in [2.75, 3.05) is 10.6 Å². The summed E-state index contributed by atoms with van der Waals surface area (Å²) >= 11 is 12.3. The molecule has 5 nitrogen and oxygen atoms in total. The van der Waals surface area contributed by atoms with Crippen LogP contribution in [0.15, 0.2) is 76.1 Å². The highest BCUT2D eigenvalue weighted by Gasteiger charge is 2.28. The molecule has 0 spiro atoms. The molecule has 0 fully saturated rings. The van der Waals surface area contributed by atoms with Crippen LogP contribution in [0.4, 0.5) is 11.4 Å². The molecule has 0 saturated carbocycles. The van der Waals surface area contributed by atoms with Crippen molar-refractivity contribution in [2.45, 2.75) is 25.3 Å². The molecule has 0 aliphatic heterocycles. The van der Waals surface area contributed by atoms with Gasteiger partial charge in [-0.25, -0.2) is 0 Å². The Morgan fingerprint density at radius 3 is 2.42 bits per heavy atom. The number of halogens is 2. The first-order valence-corrected chi connectivity index (χ1v) is 10.7. The number of aromatic nitrogens is 1. The van der Waals surface area contributed by atoms with Gasteiger partial charge in [-0.1, -0.05) is 60.5 Å². The lowest BCUT2D eigenvalue weighted by Gasteiger charge is -2.26. The van der Waals surface area contributed by atoms with Crippen molar-refractivity contribution in [2.24, 2.45) is 5.92 Å². The minimum atomic E-state index is -0.560. The van der Waals surface area contributed by atoms with Crippen molar-refractivity contribution >= 4 is 34.6 Å². The number of nitrogens with zero attached hydrogens (tertiary/aromatic N) is 1. The van der Waals surface area contributed by atoms with Crippen molar-refractivity contribution in [1.82, 2.24) is 4.98 Å². The fraction of sp³-hybridized carbons (Fsp3) is 0.208. The van der Waals surface area contributed by atoms with E-state index >= 15 is 0 Å². The third kappa shape index (κ3) is 4.29. The Labute approximate surface area is 190 Å². The number of nitrogens with one attached hydrogen (secondary N) is 2. The number of alkyl halides is 1. The smallest absolute Gasteiger partial charge is 0.253 e. The van der Waals surface area contributed by atoms with Crippen LogP contribution in [0.5, 0.6) is 0 Å². The normalized spacial score (nSPS) is 19.2. The predicted octanol–water partition coefficient (Wildman–Crippen LogP) is 4.95. The van der Waals surface area contributed by atoms with Gasteiger partial charge >= 0.3 is 0 Å². The molecule has 0 bridgehead atoms. The van der Waals surface area contributed by atoms with Crippen LogP contribution in [0, 0.1) is 12.8 Å². The van der Waals surface area contributed by atoms with Crippen LogP contribution in [0.2, 0.25) is 5.02 Å². The molecule has 158 valence electrons. The molecule has 3 atom stereocenters. The second kappa shape index (κ2) is 8.69. The van der Waals surface area contributed by atoms with Gasteiger partial charge in [0, 0.05) is 17.8 Å². The van der Waals surface area contributed by atoms with Gasteiger partial charge in [0.1, 0.15) is 11.4 Å². The summed E-state index contributed by atoms with van der Waals surface area (Å²) in [7, 11) is 0. The Balaban J connectivity index is 1.69. The summed E-state index contributed by atoms with van der Waals surface area (Å²) in [6.45, 7) is 3.97. The molecule has 2 aromatic carbocycles. The maximum atomic E-state index is 12.5. The molecular weight excluding hydrogens is 433 g/mol. The van der Waals surface area contributed by atoms with Gasteiger partial charge in [0.2, 0.25) is 0 Å². The summed E-state index contributed by atoms with van der Waals surface area (Å²) in [6.07, 6.45) is 7.15. The van der Waals surface area contributed by atoms with Gasteiger partial charge < -0.3 is 10.6 Å². The molecule has 3 aromatic rings. The van der Waals surface area contributed by atoms with Gasteiger partial charge in [-0.15, -0.1) is 11.6 Å². The highest BCUT2D eigenvalue weighted by atomic mass is 35.5. The number of rotatable bonds is 6. The lowest BCUT2D eigenvalue weighted by atomic mass is 9.97. The largest absolute Gasteiger partial charge is 0.368 e. The number of allylic oxidation sites excluding steroid dienone is 4. The maximum absolute atomic E-state index is 12.5. The van der Waals surface area contributed by atoms with Gasteiger partial charge in [0.25, 0.3) is 10.9 Å². The number of pyridine rings is 1. The Morgan fingerprint density at radius 1 is 1.03 bits per heavy atom. The summed E-state index contributed by atoms with van der Waals surface area (Å²) in [5.74, 6) is -0.0188. The van der Waals surface area contributed by atoms with Crippen LogP contribution in [-0.2, 0) is 0 Å². The van der Waals surface area contributed by atoms with Gasteiger partial charge in [0.15, 0.2) is 0 Å². The summed E-state index contributed by atoms with van der Waals surface area (Å²) in [5.41, 5.74) is 2.86. The molecule has 3 unspecified atom stereocenters. The molecule has 31 heavy (non-hydrogen) atoms. The third-order valence-corrected chi connectivity index (χ3v) is 6.21. The van der Waals surface area contributed by atoms with Gasteiger partial charge in [-0.05, 0) is 30.7 Å². The molecule has 7 heteroatoms. The first kappa shape index (κ1) is 21.3. The lowest BCUT2D eigenvalue weighted by molar-refractivity contribution is 0.698. The summed E-state index contributed by atoms with van der Waals surface area (Å²) in [5, 5.41) is 6.69. The number of hydrogen-bond donors (Lipinski definition) is 2. The van der Waals surface area contributed by atoms with E-state index < -0.39 is 16.9 Å². The van der Waals surface area contributed by atoms with E-state index in [1.54, 1.807) is 18.3 Å². The van der Waals surface area contributed by atoms with E-state index in [0.717, 1.165) is 16.8 Å². The number of benzene rings is 1. The van der Waals surface area contributed by atoms with Crippen LogP contribution >= 0.6 is 23.2 Å². The Morgan fingerprint density at radius 2 is 1.74 bits per heavy atom. The summed E-state index contributed by atoms with van der Waals surface area (Å²) in [6, 6.07) is 11.0. The molecule has 1 aromatic heterocycles. The molecule has 0 amide bonds.